The molecule has 2 saturated heterocycles. The molecular formula is C29H35NO5. The maximum atomic E-state index is 13.4. The van der Waals surface area contributed by atoms with Crippen molar-refractivity contribution in [3.63, 3.8) is 0 Å². The molecule has 0 aromatic heterocycles. The monoisotopic (exact) mass is 477 g/mol. The molecule has 0 saturated carbocycles. The fourth-order valence-electron chi connectivity index (χ4n) is 4.99. The number of amides is 1. The molecule has 0 bridgehead atoms. The molecule has 2 unspecified atom stereocenters. The van der Waals surface area contributed by atoms with Crippen LogP contribution in [-0.4, -0.2) is 47.6 Å². The molecule has 35 heavy (non-hydrogen) atoms. The zero-order chi connectivity index (χ0) is 25.3. The number of carbonyl (C=O) groups is 2. The van der Waals surface area contributed by atoms with Crippen LogP contribution in [0.1, 0.15) is 68.8 Å². The van der Waals surface area contributed by atoms with E-state index in [4.69, 9.17) is 9.47 Å². The van der Waals surface area contributed by atoms with Crippen LogP contribution in [-0.2, 0) is 19.7 Å². The summed E-state index contributed by atoms with van der Waals surface area (Å²) in [5.41, 5.74) is 3.06. The largest absolute Gasteiger partial charge is 0.507 e. The van der Waals surface area contributed by atoms with Gasteiger partial charge < -0.3 is 19.5 Å². The molecule has 2 aliphatic rings. The van der Waals surface area contributed by atoms with Gasteiger partial charge in [0, 0.05) is 24.3 Å². The number of aryl methyl sites for hydroxylation is 1. The molecule has 2 aliphatic heterocycles. The predicted molar refractivity (Wildman–Crippen MR) is 135 cm³/mol. The van der Waals surface area contributed by atoms with E-state index in [-0.39, 0.29) is 22.9 Å². The van der Waals surface area contributed by atoms with Gasteiger partial charge in [0.2, 0.25) is 0 Å². The van der Waals surface area contributed by atoms with Crippen LogP contribution in [0.2, 0.25) is 0 Å². The summed E-state index contributed by atoms with van der Waals surface area (Å²) in [4.78, 5) is 28.2. The summed E-state index contributed by atoms with van der Waals surface area (Å²) in [5, 5.41) is 11.5. The van der Waals surface area contributed by atoms with Crippen molar-refractivity contribution in [2.75, 3.05) is 19.8 Å². The molecule has 6 nitrogen and oxygen atoms in total. The lowest BCUT2D eigenvalue weighted by molar-refractivity contribution is -0.140. The molecule has 4 rings (SSSR count). The second-order valence-corrected chi connectivity index (χ2v) is 10.3. The van der Waals surface area contributed by atoms with Gasteiger partial charge in [-0.3, -0.25) is 9.59 Å². The third-order valence-corrected chi connectivity index (χ3v) is 6.81. The lowest BCUT2D eigenvalue weighted by Gasteiger charge is -2.28. The van der Waals surface area contributed by atoms with E-state index in [1.807, 2.05) is 50.2 Å². The Morgan fingerprint density at radius 1 is 1.17 bits per heavy atom. The number of Topliss-reactive ketones (excluding diaryl/α,β-unsaturated/α-hetero) is 1. The van der Waals surface area contributed by atoms with Gasteiger partial charge >= 0.3 is 0 Å². The third-order valence-electron chi connectivity index (χ3n) is 6.81. The number of ketones is 1. The molecule has 2 fully saturated rings. The van der Waals surface area contributed by atoms with Crippen molar-refractivity contribution in [3.05, 3.63) is 70.3 Å². The molecule has 1 amide bonds. The van der Waals surface area contributed by atoms with Crippen molar-refractivity contribution in [3.8, 4) is 5.75 Å². The van der Waals surface area contributed by atoms with Crippen LogP contribution < -0.4 is 4.74 Å². The first kappa shape index (κ1) is 25.0. The Morgan fingerprint density at radius 3 is 2.54 bits per heavy atom. The molecule has 2 aromatic rings. The van der Waals surface area contributed by atoms with Gasteiger partial charge in [-0.2, -0.15) is 0 Å². The smallest absolute Gasteiger partial charge is 0.295 e. The van der Waals surface area contributed by atoms with Gasteiger partial charge in [-0.05, 0) is 61.4 Å². The van der Waals surface area contributed by atoms with E-state index in [1.165, 1.54) is 0 Å². The normalized spacial score (nSPS) is 22.1. The zero-order valence-corrected chi connectivity index (χ0v) is 21.3. The van der Waals surface area contributed by atoms with Gasteiger partial charge in [-0.1, -0.05) is 45.0 Å². The lowest BCUT2D eigenvalue weighted by atomic mass is 9.84. The molecule has 2 aromatic carbocycles. The summed E-state index contributed by atoms with van der Waals surface area (Å²) >= 11 is 0. The number of benzene rings is 2. The van der Waals surface area contributed by atoms with Crippen molar-refractivity contribution in [1.82, 2.24) is 4.90 Å². The molecule has 2 heterocycles. The fraction of sp³-hybridized carbons (Fsp3) is 0.448. The van der Waals surface area contributed by atoms with Crippen LogP contribution in [0.4, 0.5) is 0 Å². The summed E-state index contributed by atoms with van der Waals surface area (Å²) in [5.74, 6) is -0.692. The topological polar surface area (TPSA) is 76.1 Å². The molecule has 6 heteroatoms. The van der Waals surface area contributed by atoms with Gasteiger partial charge in [0.15, 0.2) is 0 Å². The van der Waals surface area contributed by atoms with Gasteiger partial charge in [0.1, 0.15) is 11.5 Å². The van der Waals surface area contributed by atoms with Gasteiger partial charge in [0.05, 0.1) is 24.3 Å². The van der Waals surface area contributed by atoms with Crippen LogP contribution in [0.5, 0.6) is 5.75 Å². The number of hydrogen-bond donors (Lipinski definition) is 1. The van der Waals surface area contributed by atoms with Crippen molar-refractivity contribution in [1.29, 1.82) is 0 Å². The number of ether oxygens (including phenoxy) is 2. The average molecular weight is 478 g/mol. The Balaban J connectivity index is 1.87. The van der Waals surface area contributed by atoms with Crippen LogP contribution >= 0.6 is 0 Å². The van der Waals surface area contributed by atoms with E-state index in [0.717, 1.165) is 35.3 Å². The van der Waals surface area contributed by atoms with E-state index >= 15 is 0 Å². The van der Waals surface area contributed by atoms with E-state index in [2.05, 4.69) is 20.8 Å². The Morgan fingerprint density at radius 2 is 1.91 bits per heavy atom. The van der Waals surface area contributed by atoms with Gasteiger partial charge in [0.25, 0.3) is 11.7 Å². The molecule has 0 radical (unpaired) electrons. The second kappa shape index (κ2) is 9.86. The first-order chi connectivity index (χ1) is 16.6. The Hall–Kier alpha value is -3.12. The first-order valence-electron chi connectivity index (χ1n) is 12.4. The van der Waals surface area contributed by atoms with Crippen molar-refractivity contribution in [2.24, 2.45) is 0 Å². The second-order valence-electron chi connectivity index (χ2n) is 10.3. The highest BCUT2D eigenvalue weighted by molar-refractivity contribution is 6.46. The number of rotatable bonds is 6. The Bertz CT molecular complexity index is 1150. The first-order valence-corrected chi connectivity index (χ1v) is 12.4. The van der Waals surface area contributed by atoms with Crippen molar-refractivity contribution in [2.45, 2.75) is 65.0 Å². The predicted octanol–water partition coefficient (Wildman–Crippen LogP) is 5.29. The number of carbonyl (C=O) groups excluding carboxylic acids is 2. The van der Waals surface area contributed by atoms with E-state index in [0.29, 0.717) is 25.3 Å². The van der Waals surface area contributed by atoms with Crippen LogP contribution in [0.15, 0.2) is 48.0 Å². The van der Waals surface area contributed by atoms with Crippen LogP contribution in [0, 0.1) is 6.92 Å². The Kier molecular flexibility index (Phi) is 7.04. The number of hydrogen-bond acceptors (Lipinski definition) is 5. The summed E-state index contributed by atoms with van der Waals surface area (Å²) in [7, 11) is 0. The maximum absolute atomic E-state index is 13.4. The molecule has 0 aliphatic carbocycles. The minimum Gasteiger partial charge on any atom is -0.507 e. The SMILES string of the molecule is CCOc1ccc(/C(O)=C2\C(=O)C(=O)N(CC3CCCO3)C2c2ccccc2C)cc1C(C)(C)C. The molecule has 1 N–H and O–H groups in total. The molecule has 0 spiro atoms. The minimum absolute atomic E-state index is 0.113. The van der Waals surface area contributed by atoms with Crippen molar-refractivity contribution < 1.29 is 24.2 Å². The highest BCUT2D eigenvalue weighted by Gasteiger charge is 2.47. The van der Waals surface area contributed by atoms with E-state index < -0.39 is 17.7 Å². The van der Waals surface area contributed by atoms with Gasteiger partial charge in [-0.25, -0.2) is 0 Å². The number of aliphatic hydroxyl groups excluding tert-OH is 1. The van der Waals surface area contributed by atoms with E-state index in [1.54, 1.807) is 11.0 Å². The highest BCUT2D eigenvalue weighted by atomic mass is 16.5. The van der Waals surface area contributed by atoms with E-state index in [9.17, 15) is 14.7 Å². The standard InChI is InChI=1S/C29H35NO5/c1-6-34-23-14-13-19(16-22(23)29(3,4)5)26(31)24-25(21-12-8-7-10-18(21)2)30(28(33)27(24)32)17-20-11-9-15-35-20/h7-8,10,12-14,16,20,25,31H,6,9,11,15,17H2,1-5H3/b26-24+. The van der Waals surface area contributed by atoms with Crippen molar-refractivity contribution >= 4 is 17.4 Å². The fourth-order valence-corrected chi connectivity index (χ4v) is 4.99. The Labute approximate surface area is 207 Å². The molecule has 186 valence electrons. The summed E-state index contributed by atoms with van der Waals surface area (Å²) in [6.07, 6.45) is 1.67. The number of nitrogens with zero attached hydrogens (tertiary/aromatic N) is 1. The quantitative estimate of drug-likeness (QED) is 0.347. The van der Waals surface area contributed by atoms with Crippen LogP contribution in [0.25, 0.3) is 5.76 Å². The number of likely N-dealkylation sites (tertiary alicyclic amines) is 1. The number of aliphatic hydroxyl groups is 1. The molecule has 2 atom stereocenters. The summed E-state index contributed by atoms with van der Waals surface area (Å²) in [6.45, 7) is 11.6. The maximum Gasteiger partial charge on any atom is 0.295 e. The highest BCUT2D eigenvalue weighted by Crippen LogP contribution is 2.42. The minimum atomic E-state index is -0.676. The summed E-state index contributed by atoms with van der Waals surface area (Å²) in [6, 6.07) is 12.4. The lowest BCUT2D eigenvalue weighted by Crippen LogP contribution is -2.36. The summed E-state index contributed by atoms with van der Waals surface area (Å²) < 4.78 is 11.6. The average Bonchev–Trinajstić information content (AvgIpc) is 3.41. The third kappa shape index (κ3) is 4.85. The van der Waals surface area contributed by atoms with Crippen LogP contribution in [0.3, 0.4) is 0 Å². The zero-order valence-electron chi connectivity index (χ0n) is 21.3. The van der Waals surface area contributed by atoms with Gasteiger partial charge in [-0.15, -0.1) is 0 Å². The molecular weight excluding hydrogens is 442 g/mol.